The van der Waals surface area contributed by atoms with Gasteiger partial charge in [0.15, 0.2) is 4.80 Å². The smallest absolute Gasteiger partial charge is 0.266 e. The molecular formula is C22H26ClN3O5S3. The number of amides is 1. The van der Waals surface area contributed by atoms with Crippen LogP contribution in [0, 0.1) is 0 Å². The highest BCUT2D eigenvalue weighted by Crippen LogP contribution is 2.32. The molecule has 1 saturated heterocycles. The fourth-order valence-electron chi connectivity index (χ4n) is 3.94. The normalized spacial score (nSPS) is 18.0. The molecule has 1 aliphatic heterocycles. The summed E-state index contributed by atoms with van der Waals surface area (Å²) in [5.41, 5.74) is 0.915. The summed E-state index contributed by atoms with van der Waals surface area (Å²) in [5, 5.41) is 0. The predicted octanol–water partition coefficient (Wildman–Crippen LogP) is 4.13. The number of thiophene rings is 1. The van der Waals surface area contributed by atoms with Crippen molar-refractivity contribution in [1.82, 2.24) is 8.87 Å². The van der Waals surface area contributed by atoms with E-state index in [0.29, 0.717) is 47.5 Å². The highest BCUT2D eigenvalue weighted by atomic mass is 35.5. The monoisotopic (exact) mass is 543 g/mol. The molecule has 0 bridgehead atoms. The minimum Gasteiger partial charge on any atom is -0.497 e. The molecule has 184 valence electrons. The SMILES string of the molecule is CCOCCn1c(=NC(=O)C2CCCCN2S(=O)(=O)c2ccc(Cl)s2)sc2cc(OC)ccc21. The summed E-state index contributed by atoms with van der Waals surface area (Å²) in [7, 11) is -2.24. The Kier molecular flexibility index (Phi) is 8.11. The van der Waals surface area contributed by atoms with Crippen LogP contribution in [0.3, 0.4) is 0 Å². The maximum absolute atomic E-state index is 13.4. The summed E-state index contributed by atoms with van der Waals surface area (Å²) < 4.78 is 42.1. The first kappa shape index (κ1) is 25.3. The van der Waals surface area contributed by atoms with E-state index in [1.165, 1.54) is 21.7 Å². The van der Waals surface area contributed by atoms with Gasteiger partial charge in [0.05, 0.1) is 28.3 Å². The Balaban J connectivity index is 1.72. The molecule has 1 aliphatic rings. The summed E-state index contributed by atoms with van der Waals surface area (Å²) in [5.74, 6) is 0.248. The highest BCUT2D eigenvalue weighted by molar-refractivity contribution is 7.91. The van der Waals surface area contributed by atoms with Crippen LogP contribution in [-0.4, -0.2) is 56.1 Å². The van der Waals surface area contributed by atoms with Crippen molar-refractivity contribution < 1.29 is 22.7 Å². The minimum absolute atomic E-state index is 0.137. The second-order valence-electron chi connectivity index (χ2n) is 7.70. The molecule has 1 unspecified atom stereocenters. The van der Waals surface area contributed by atoms with Crippen molar-refractivity contribution in [3.8, 4) is 5.75 Å². The Hall–Kier alpha value is -1.76. The summed E-state index contributed by atoms with van der Waals surface area (Å²) in [6.07, 6.45) is 1.88. The second-order valence-corrected chi connectivity index (χ2v) is 12.5. The number of benzene rings is 1. The molecule has 34 heavy (non-hydrogen) atoms. The molecule has 1 amide bonds. The van der Waals surface area contributed by atoms with Gasteiger partial charge < -0.3 is 14.0 Å². The third kappa shape index (κ3) is 5.24. The summed E-state index contributed by atoms with van der Waals surface area (Å²) in [4.78, 5) is 18.3. The minimum atomic E-state index is -3.84. The number of fused-ring (bicyclic) bond motifs is 1. The van der Waals surface area contributed by atoms with Crippen LogP contribution in [0.15, 0.2) is 39.5 Å². The van der Waals surface area contributed by atoms with E-state index in [4.69, 9.17) is 21.1 Å². The van der Waals surface area contributed by atoms with Crippen molar-refractivity contribution in [2.75, 3.05) is 26.9 Å². The number of thiazole rings is 1. The van der Waals surface area contributed by atoms with E-state index in [1.807, 2.05) is 29.7 Å². The Bertz CT molecular complexity index is 1350. The van der Waals surface area contributed by atoms with Gasteiger partial charge >= 0.3 is 0 Å². The van der Waals surface area contributed by atoms with Crippen molar-refractivity contribution in [2.24, 2.45) is 4.99 Å². The lowest BCUT2D eigenvalue weighted by atomic mass is 10.0. The molecule has 4 rings (SSSR count). The molecule has 3 heterocycles. The van der Waals surface area contributed by atoms with E-state index in [9.17, 15) is 13.2 Å². The van der Waals surface area contributed by atoms with Gasteiger partial charge in [0.25, 0.3) is 15.9 Å². The molecule has 0 saturated carbocycles. The number of nitrogens with zero attached hydrogens (tertiary/aromatic N) is 3. The van der Waals surface area contributed by atoms with E-state index >= 15 is 0 Å². The van der Waals surface area contributed by atoms with Crippen molar-refractivity contribution in [3.05, 3.63) is 39.5 Å². The Morgan fingerprint density at radius 1 is 1.24 bits per heavy atom. The molecule has 1 aromatic carbocycles. The second kappa shape index (κ2) is 10.9. The van der Waals surface area contributed by atoms with E-state index < -0.39 is 22.0 Å². The first-order valence-electron chi connectivity index (χ1n) is 11.0. The van der Waals surface area contributed by atoms with Gasteiger partial charge in [0.2, 0.25) is 0 Å². The van der Waals surface area contributed by atoms with Crippen LogP contribution < -0.4 is 9.54 Å². The van der Waals surface area contributed by atoms with E-state index in [0.717, 1.165) is 28.0 Å². The zero-order valence-corrected chi connectivity index (χ0v) is 22.1. The molecule has 0 spiro atoms. The third-order valence-corrected chi connectivity index (χ3v) is 10.3. The van der Waals surface area contributed by atoms with Gasteiger partial charge in [-0.25, -0.2) is 8.42 Å². The summed E-state index contributed by atoms with van der Waals surface area (Å²) in [6.45, 7) is 3.78. The van der Waals surface area contributed by atoms with Crippen molar-refractivity contribution in [1.29, 1.82) is 0 Å². The zero-order valence-electron chi connectivity index (χ0n) is 18.9. The Morgan fingerprint density at radius 2 is 2.06 bits per heavy atom. The number of ether oxygens (including phenoxy) is 2. The van der Waals surface area contributed by atoms with Crippen LogP contribution in [0.1, 0.15) is 26.2 Å². The molecule has 1 atom stereocenters. The van der Waals surface area contributed by atoms with Gasteiger partial charge in [-0.3, -0.25) is 4.79 Å². The molecule has 1 fully saturated rings. The number of methoxy groups -OCH3 is 1. The first-order valence-corrected chi connectivity index (χ1v) is 14.4. The van der Waals surface area contributed by atoms with Crippen LogP contribution in [0.4, 0.5) is 0 Å². The number of carbonyl (C=O) groups is 1. The number of hydrogen-bond donors (Lipinski definition) is 0. The standard InChI is InChI=1S/C22H26ClN3O5S3/c1-3-31-13-12-25-16-8-7-15(30-2)14-18(16)32-22(25)24-21(27)17-6-4-5-11-26(17)34(28,29)20-10-9-19(23)33-20/h7-10,14,17H,3-6,11-13H2,1-2H3. The topological polar surface area (TPSA) is 90.2 Å². The number of rotatable bonds is 8. The quantitative estimate of drug-likeness (QED) is 0.398. The lowest BCUT2D eigenvalue weighted by molar-refractivity contribution is -0.122. The number of hydrogen-bond acceptors (Lipinski definition) is 7. The van der Waals surface area contributed by atoms with Gasteiger partial charge in [-0.2, -0.15) is 9.30 Å². The molecular weight excluding hydrogens is 518 g/mol. The van der Waals surface area contributed by atoms with Gasteiger partial charge in [-0.15, -0.1) is 11.3 Å². The lowest BCUT2D eigenvalue weighted by Gasteiger charge is -2.31. The highest BCUT2D eigenvalue weighted by Gasteiger charge is 2.38. The molecule has 3 aromatic rings. The number of piperidine rings is 1. The van der Waals surface area contributed by atoms with Gasteiger partial charge in [0, 0.05) is 19.7 Å². The zero-order chi connectivity index (χ0) is 24.3. The van der Waals surface area contributed by atoms with Gasteiger partial charge in [-0.1, -0.05) is 29.4 Å². The van der Waals surface area contributed by atoms with Crippen LogP contribution in [0.25, 0.3) is 10.2 Å². The molecule has 2 aromatic heterocycles. The van der Waals surface area contributed by atoms with Crippen LogP contribution in [0.2, 0.25) is 4.34 Å². The molecule has 8 nitrogen and oxygen atoms in total. The Morgan fingerprint density at radius 3 is 2.76 bits per heavy atom. The fraction of sp³-hybridized carbons (Fsp3) is 0.455. The lowest BCUT2D eigenvalue weighted by Crippen LogP contribution is -2.47. The Labute approximate surface area is 211 Å². The van der Waals surface area contributed by atoms with E-state index in [1.54, 1.807) is 13.2 Å². The summed E-state index contributed by atoms with van der Waals surface area (Å²) in [6, 6.07) is 7.88. The van der Waals surface area contributed by atoms with Gasteiger partial charge in [-0.05, 0) is 50.1 Å². The average molecular weight is 544 g/mol. The average Bonchev–Trinajstić information content (AvgIpc) is 3.42. The van der Waals surface area contributed by atoms with Crippen molar-refractivity contribution in [3.63, 3.8) is 0 Å². The van der Waals surface area contributed by atoms with Crippen LogP contribution in [-0.2, 0) is 26.1 Å². The van der Waals surface area contributed by atoms with E-state index in [-0.39, 0.29) is 10.8 Å². The maximum Gasteiger partial charge on any atom is 0.266 e. The molecule has 0 radical (unpaired) electrons. The predicted molar refractivity (Wildman–Crippen MR) is 134 cm³/mol. The van der Waals surface area contributed by atoms with Crippen molar-refractivity contribution in [2.45, 2.75) is 43.0 Å². The first-order chi connectivity index (χ1) is 16.3. The van der Waals surface area contributed by atoms with Crippen LogP contribution in [0.5, 0.6) is 5.75 Å². The number of aromatic nitrogens is 1. The number of halogens is 1. The van der Waals surface area contributed by atoms with Gasteiger partial charge in [0.1, 0.15) is 16.0 Å². The van der Waals surface area contributed by atoms with E-state index in [2.05, 4.69) is 4.99 Å². The number of sulfonamides is 1. The molecule has 0 N–H and O–H groups in total. The van der Waals surface area contributed by atoms with Crippen LogP contribution >= 0.6 is 34.3 Å². The van der Waals surface area contributed by atoms with Crippen molar-refractivity contribution >= 4 is 60.4 Å². The number of carbonyl (C=O) groups excluding carboxylic acids is 1. The third-order valence-electron chi connectivity index (χ3n) is 5.61. The fourth-order valence-corrected chi connectivity index (χ4v) is 8.30. The molecule has 12 heteroatoms. The molecule has 0 aliphatic carbocycles. The largest absolute Gasteiger partial charge is 0.497 e. The maximum atomic E-state index is 13.4. The summed E-state index contributed by atoms with van der Waals surface area (Å²) >= 11 is 8.33.